The first kappa shape index (κ1) is 9.71. The molecule has 3 nitrogen and oxygen atoms in total. The average Bonchev–Trinajstić information content (AvgIpc) is 2.30. The number of carbonyl (C=O) groups is 1. The van der Waals surface area contributed by atoms with E-state index in [-0.39, 0.29) is 17.0 Å². The maximum Gasteiger partial charge on any atom is 0.314 e. The third-order valence-electron chi connectivity index (χ3n) is 3.68. The van der Waals surface area contributed by atoms with E-state index in [2.05, 4.69) is 6.58 Å². The molecular weight excluding hydrogens is 180 g/mol. The minimum Gasteiger partial charge on any atom is -0.469 e. The maximum atomic E-state index is 11.6. The molecule has 3 rings (SSSR count). The molecule has 3 fully saturated rings. The SMILES string of the molecule is C=CC12CCC(C(=O)OC)(CC1)CO2. The van der Waals surface area contributed by atoms with Gasteiger partial charge in [-0.3, -0.25) is 4.79 Å². The maximum absolute atomic E-state index is 11.6. The second kappa shape index (κ2) is 3.09. The van der Waals surface area contributed by atoms with Gasteiger partial charge in [0.15, 0.2) is 0 Å². The van der Waals surface area contributed by atoms with Crippen molar-refractivity contribution < 1.29 is 14.3 Å². The van der Waals surface area contributed by atoms with Gasteiger partial charge in [-0.1, -0.05) is 6.08 Å². The molecule has 2 bridgehead atoms. The van der Waals surface area contributed by atoms with Crippen molar-refractivity contribution in [2.45, 2.75) is 31.3 Å². The lowest BCUT2D eigenvalue weighted by Gasteiger charge is -2.50. The Hall–Kier alpha value is -0.830. The van der Waals surface area contributed by atoms with E-state index in [0.29, 0.717) is 6.61 Å². The number of rotatable bonds is 2. The highest BCUT2D eigenvalue weighted by Gasteiger charge is 2.53. The Balaban J connectivity index is 2.16. The highest BCUT2D eigenvalue weighted by Crippen LogP contribution is 2.49. The van der Waals surface area contributed by atoms with Gasteiger partial charge in [0.2, 0.25) is 0 Å². The van der Waals surface area contributed by atoms with Crippen LogP contribution in [0.15, 0.2) is 12.7 Å². The Labute approximate surface area is 84.1 Å². The van der Waals surface area contributed by atoms with E-state index in [4.69, 9.17) is 9.47 Å². The molecule has 2 aliphatic heterocycles. The lowest BCUT2D eigenvalue weighted by Crippen LogP contribution is -2.53. The van der Waals surface area contributed by atoms with Crippen LogP contribution in [0.1, 0.15) is 25.7 Å². The standard InChI is InChI=1S/C11H16O3/c1-3-11-6-4-10(5-7-11,8-14-11)9(12)13-2/h3H,1,4-8H2,2H3. The van der Waals surface area contributed by atoms with Crippen LogP contribution in [0.25, 0.3) is 0 Å². The van der Waals surface area contributed by atoms with Crippen molar-refractivity contribution in [3.63, 3.8) is 0 Å². The summed E-state index contributed by atoms with van der Waals surface area (Å²) in [5.41, 5.74) is -0.519. The molecule has 3 heteroatoms. The molecule has 1 saturated carbocycles. The van der Waals surface area contributed by atoms with Crippen LogP contribution in [0.3, 0.4) is 0 Å². The van der Waals surface area contributed by atoms with Crippen molar-refractivity contribution in [2.24, 2.45) is 5.41 Å². The topological polar surface area (TPSA) is 35.5 Å². The molecule has 0 atom stereocenters. The number of esters is 1. The molecule has 0 spiro atoms. The molecule has 3 aliphatic rings. The highest BCUT2D eigenvalue weighted by molar-refractivity contribution is 5.77. The molecule has 0 aromatic rings. The number of ether oxygens (including phenoxy) is 2. The molecular formula is C11H16O3. The Kier molecular flexibility index (Phi) is 2.14. The number of methoxy groups -OCH3 is 1. The summed E-state index contributed by atoms with van der Waals surface area (Å²) in [7, 11) is 1.45. The van der Waals surface area contributed by atoms with Crippen LogP contribution in [0.2, 0.25) is 0 Å². The van der Waals surface area contributed by atoms with Crippen LogP contribution in [0.4, 0.5) is 0 Å². The number of carbonyl (C=O) groups excluding carboxylic acids is 1. The molecule has 0 unspecified atom stereocenters. The summed E-state index contributed by atoms with van der Waals surface area (Å²) < 4.78 is 10.6. The lowest BCUT2D eigenvalue weighted by atomic mass is 9.66. The second-order valence-corrected chi connectivity index (χ2v) is 4.33. The number of hydrogen-bond donors (Lipinski definition) is 0. The van der Waals surface area contributed by atoms with Crippen LogP contribution in [0.5, 0.6) is 0 Å². The van der Waals surface area contributed by atoms with E-state index in [1.165, 1.54) is 7.11 Å². The van der Waals surface area contributed by atoms with Crippen molar-refractivity contribution in [1.29, 1.82) is 0 Å². The fourth-order valence-corrected chi connectivity index (χ4v) is 2.46. The van der Waals surface area contributed by atoms with Gasteiger partial charge < -0.3 is 9.47 Å². The summed E-state index contributed by atoms with van der Waals surface area (Å²) in [5.74, 6) is -0.116. The van der Waals surface area contributed by atoms with Gasteiger partial charge in [0.05, 0.1) is 24.7 Å². The quantitative estimate of drug-likeness (QED) is 0.498. The number of hydrogen-bond acceptors (Lipinski definition) is 3. The van der Waals surface area contributed by atoms with Crippen molar-refractivity contribution in [3.05, 3.63) is 12.7 Å². The molecule has 0 N–H and O–H groups in total. The van der Waals surface area contributed by atoms with Crippen molar-refractivity contribution in [3.8, 4) is 0 Å². The van der Waals surface area contributed by atoms with Gasteiger partial charge in [-0.05, 0) is 25.7 Å². The Morgan fingerprint density at radius 1 is 1.43 bits per heavy atom. The third kappa shape index (κ3) is 1.19. The Morgan fingerprint density at radius 3 is 2.43 bits per heavy atom. The van der Waals surface area contributed by atoms with E-state index >= 15 is 0 Å². The monoisotopic (exact) mass is 196 g/mol. The van der Waals surface area contributed by atoms with Gasteiger partial charge in [0.1, 0.15) is 0 Å². The minimum atomic E-state index is -0.362. The van der Waals surface area contributed by atoms with Crippen LogP contribution >= 0.6 is 0 Å². The highest BCUT2D eigenvalue weighted by atomic mass is 16.5. The normalized spacial score (nSPS) is 40.6. The van der Waals surface area contributed by atoms with Gasteiger partial charge in [0.25, 0.3) is 0 Å². The molecule has 2 heterocycles. The summed E-state index contributed by atoms with van der Waals surface area (Å²) >= 11 is 0. The fraction of sp³-hybridized carbons (Fsp3) is 0.727. The van der Waals surface area contributed by atoms with Crippen molar-refractivity contribution in [1.82, 2.24) is 0 Å². The molecule has 2 saturated heterocycles. The van der Waals surface area contributed by atoms with Gasteiger partial charge in [0, 0.05) is 0 Å². The summed E-state index contributed by atoms with van der Waals surface area (Å²) in [5, 5.41) is 0. The number of fused-ring (bicyclic) bond motifs is 3. The smallest absolute Gasteiger partial charge is 0.314 e. The Bertz CT molecular complexity index is 245. The van der Waals surface area contributed by atoms with Gasteiger partial charge in [-0.15, -0.1) is 6.58 Å². The predicted octanol–water partition coefficient (Wildman–Crippen LogP) is 1.67. The molecule has 0 aromatic heterocycles. The third-order valence-corrected chi connectivity index (χ3v) is 3.68. The van der Waals surface area contributed by atoms with Gasteiger partial charge in [-0.2, -0.15) is 0 Å². The molecule has 14 heavy (non-hydrogen) atoms. The molecule has 1 aliphatic carbocycles. The van der Waals surface area contributed by atoms with E-state index in [9.17, 15) is 4.79 Å². The molecule has 78 valence electrons. The van der Waals surface area contributed by atoms with E-state index < -0.39 is 0 Å². The molecule has 0 amide bonds. The van der Waals surface area contributed by atoms with Crippen molar-refractivity contribution in [2.75, 3.05) is 13.7 Å². The molecule has 0 aromatic carbocycles. The Morgan fingerprint density at radius 2 is 2.07 bits per heavy atom. The summed E-state index contributed by atoms with van der Waals surface area (Å²) in [6, 6.07) is 0. The zero-order valence-electron chi connectivity index (χ0n) is 8.54. The first-order chi connectivity index (χ1) is 6.66. The first-order valence-electron chi connectivity index (χ1n) is 5.02. The minimum absolute atomic E-state index is 0.116. The second-order valence-electron chi connectivity index (χ2n) is 4.33. The summed E-state index contributed by atoms with van der Waals surface area (Å²) in [4.78, 5) is 11.6. The van der Waals surface area contributed by atoms with Crippen molar-refractivity contribution >= 4 is 5.97 Å². The van der Waals surface area contributed by atoms with E-state index in [0.717, 1.165) is 25.7 Å². The first-order valence-corrected chi connectivity index (χ1v) is 5.02. The van der Waals surface area contributed by atoms with Crippen LogP contribution in [-0.2, 0) is 14.3 Å². The largest absolute Gasteiger partial charge is 0.469 e. The predicted molar refractivity (Wildman–Crippen MR) is 51.8 cm³/mol. The fourth-order valence-electron chi connectivity index (χ4n) is 2.46. The lowest BCUT2D eigenvalue weighted by molar-refractivity contribution is -0.191. The van der Waals surface area contributed by atoms with Gasteiger partial charge >= 0.3 is 5.97 Å². The van der Waals surface area contributed by atoms with E-state index in [1.807, 2.05) is 6.08 Å². The summed E-state index contributed by atoms with van der Waals surface area (Å²) in [6.07, 6.45) is 5.40. The molecule has 0 radical (unpaired) electrons. The summed E-state index contributed by atoms with van der Waals surface area (Å²) in [6.45, 7) is 4.29. The zero-order valence-corrected chi connectivity index (χ0v) is 8.54. The van der Waals surface area contributed by atoms with Crippen LogP contribution in [-0.4, -0.2) is 25.3 Å². The zero-order chi connectivity index (χ0) is 10.2. The van der Waals surface area contributed by atoms with E-state index in [1.54, 1.807) is 0 Å². The average molecular weight is 196 g/mol. The van der Waals surface area contributed by atoms with Gasteiger partial charge in [-0.25, -0.2) is 0 Å². The van der Waals surface area contributed by atoms with Crippen LogP contribution in [0, 0.1) is 5.41 Å². The van der Waals surface area contributed by atoms with Crippen LogP contribution < -0.4 is 0 Å².